The van der Waals surface area contributed by atoms with Gasteiger partial charge in [0.05, 0.1) is 5.41 Å². The van der Waals surface area contributed by atoms with Gasteiger partial charge >= 0.3 is 5.97 Å². The molecule has 1 aliphatic heterocycles. The number of carbonyl (C=O) groups excluding carboxylic acids is 1. The first-order valence-electron chi connectivity index (χ1n) is 8.56. The molecule has 1 fully saturated rings. The predicted molar refractivity (Wildman–Crippen MR) is 95.5 cm³/mol. The lowest BCUT2D eigenvalue weighted by Crippen LogP contribution is -2.41. The summed E-state index contributed by atoms with van der Waals surface area (Å²) in [5.74, 6) is -0.356. The number of ether oxygens (including phenoxy) is 1. The third-order valence-electron chi connectivity index (χ3n) is 5.29. The maximum absolute atomic E-state index is 12.5. The molecule has 0 saturated carbocycles. The lowest BCUT2D eigenvalue weighted by Gasteiger charge is -2.28. The maximum atomic E-state index is 12.5. The first kappa shape index (κ1) is 17.3. The molecule has 1 N–H and O–H groups in total. The quantitative estimate of drug-likeness (QED) is 0.907. The molecule has 1 heterocycles. The van der Waals surface area contributed by atoms with Gasteiger partial charge in [0.25, 0.3) is 5.91 Å². The molecule has 1 atom stereocenters. The SMILES string of the molecule is CC(C)C1(C(=O)O)CCN(C(=O)COc2cccc3ccccc23)C1. The monoisotopic (exact) mass is 341 g/mol. The van der Waals surface area contributed by atoms with E-state index in [2.05, 4.69) is 0 Å². The van der Waals surface area contributed by atoms with E-state index in [1.165, 1.54) is 0 Å². The van der Waals surface area contributed by atoms with E-state index in [1.807, 2.05) is 56.3 Å². The second-order valence-corrected chi connectivity index (χ2v) is 6.95. The molecule has 0 bridgehead atoms. The fourth-order valence-electron chi connectivity index (χ4n) is 3.49. The normalized spacial score (nSPS) is 20.2. The van der Waals surface area contributed by atoms with Gasteiger partial charge in [0.1, 0.15) is 5.75 Å². The number of fused-ring (bicyclic) bond motifs is 1. The lowest BCUT2D eigenvalue weighted by atomic mass is 9.76. The molecule has 1 saturated heterocycles. The van der Waals surface area contributed by atoms with Crippen molar-refractivity contribution in [2.24, 2.45) is 11.3 Å². The molecule has 1 unspecified atom stereocenters. The fourth-order valence-corrected chi connectivity index (χ4v) is 3.49. The van der Waals surface area contributed by atoms with Crippen LogP contribution in [0.3, 0.4) is 0 Å². The Hall–Kier alpha value is -2.56. The molecule has 0 radical (unpaired) electrons. The van der Waals surface area contributed by atoms with Gasteiger partial charge in [-0.15, -0.1) is 0 Å². The molecule has 132 valence electrons. The van der Waals surface area contributed by atoms with Gasteiger partial charge < -0.3 is 14.7 Å². The van der Waals surface area contributed by atoms with Crippen LogP contribution in [0.25, 0.3) is 10.8 Å². The molecule has 0 spiro atoms. The van der Waals surface area contributed by atoms with Gasteiger partial charge in [-0.3, -0.25) is 9.59 Å². The van der Waals surface area contributed by atoms with Crippen LogP contribution in [0.1, 0.15) is 20.3 Å². The predicted octanol–water partition coefficient (Wildman–Crippen LogP) is 3.18. The van der Waals surface area contributed by atoms with E-state index in [0.717, 1.165) is 10.8 Å². The van der Waals surface area contributed by atoms with Crippen LogP contribution in [0.2, 0.25) is 0 Å². The number of rotatable bonds is 5. The van der Waals surface area contributed by atoms with Crippen molar-refractivity contribution in [2.45, 2.75) is 20.3 Å². The van der Waals surface area contributed by atoms with E-state index in [1.54, 1.807) is 4.90 Å². The Kier molecular flexibility index (Phi) is 4.66. The Morgan fingerprint density at radius 2 is 1.92 bits per heavy atom. The molecule has 1 aliphatic rings. The number of likely N-dealkylation sites (tertiary alicyclic amines) is 1. The summed E-state index contributed by atoms with van der Waals surface area (Å²) in [7, 11) is 0. The zero-order chi connectivity index (χ0) is 18.0. The molecular weight excluding hydrogens is 318 g/mol. The highest BCUT2D eigenvalue weighted by atomic mass is 16.5. The Labute approximate surface area is 147 Å². The van der Waals surface area contributed by atoms with Crippen LogP contribution in [-0.2, 0) is 9.59 Å². The molecule has 5 heteroatoms. The number of carbonyl (C=O) groups is 2. The van der Waals surface area contributed by atoms with Crippen molar-refractivity contribution < 1.29 is 19.4 Å². The highest BCUT2D eigenvalue weighted by molar-refractivity contribution is 5.89. The summed E-state index contributed by atoms with van der Waals surface area (Å²) in [4.78, 5) is 25.8. The van der Waals surface area contributed by atoms with Crippen molar-refractivity contribution >= 4 is 22.6 Å². The van der Waals surface area contributed by atoms with Crippen molar-refractivity contribution in [2.75, 3.05) is 19.7 Å². The first-order chi connectivity index (χ1) is 11.9. The molecule has 0 aromatic heterocycles. The van der Waals surface area contributed by atoms with E-state index in [0.29, 0.717) is 18.7 Å². The molecule has 25 heavy (non-hydrogen) atoms. The summed E-state index contributed by atoms with van der Waals surface area (Å²) in [5, 5.41) is 11.6. The van der Waals surface area contributed by atoms with Crippen molar-refractivity contribution in [3.8, 4) is 5.75 Å². The minimum Gasteiger partial charge on any atom is -0.483 e. The first-order valence-corrected chi connectivity index (χ1v) is 8.56. The number of carboxylic acids is 1. The van der Waals surface area contributed by atoms with Crippen LogP contribution in [0.15, 0.2) is 42.5 Å². The van der Waals surface area contributed by atoms with E-state index in [4.69, 9.17) is 4.74 Å². The number of aliphatic carboxylic acids is 1. The number of nitrogens with zero attached hydrogens (tertiary/aromatic N) is 1. The zero-order valence-electron chi connectivity index (χ0n) is 14.6. The van der Waals surface area contributed by atoms with Gasteiger partial charge in [0, 0.05) is 18.5 Å². The van der Waals surface area contributed by atoms with Gasteiger partial charge in [-0.05, 0) is 23.8 Å². The molecule has 2 aromatic rings. The van der Waals surface area contributed by atoms with Gasteiger partial charge in [0.15, 0.2) is 6.61 Å². The third kappa shape index (κ3) is 3.18. The van der Waals surface area contributed by atoms with Crippen LogP contribution in [0.4, 0.5) is 0 Å². The minimum atomic E-state index is -0.852. The Balaban J connectivity index is 1.68. The number of carboxylic acid groups (broad SMARTS) is 1. The number of benzene rings is 2. The van der Waals surface area contributed by atoms with Crippen LogP contribution in [-0.4, -0.2) is 41.6 Å². The summed E-state index contributed by atoms with van der Waals surface area (Å²) in [6, 6.07) is 13.6. The third-order valence-corrected chi connectivity index (χ3v) is 5.29. The van der Waals surface area contributed by atoms with Crippen molar-refractivity contribution in [1.29, 1.82) is 0 Å². The summed E-state index contributed by atoms with van der Waals surface area (Å²) >= 11 is 0. The lowest BCUT2D eigenvalue weighted by molar-refractivity contribution is -0.151. The van der Waals surface area contributed by atoms with E-state index in [-0.39, 0.29) is 25.0 Å². The number of amides is 1. The van der Waals surface area contributed by atoms with Crippen LogP contribution in [0.5, 0.6) is 5.75 Å². The topological polar surface area (TPSA) is 66.8 Å². The van der Waals surface area contributed by atoms with Crippen molar-refractivity contribution in [1.82, 2.24) is 4.90 Å². The largest absolute Gasteiger partial charge is 0.483 e. The highest BCUT2D eigenvalue weighted by Crippen LogP contribution is 2.38. The smallest absolute Gasteiger partial charge is 0.311 e. The van der Waals surface area contributed by atoms with E-state index >= 15 is 0 Å². The Morgan fingerprint density at radius 3 is 2.60 bits per heavy atom. The number of hydrogen-bond donors (Lipinski definition) is 1. The van der Waals surface area contributed by atoms with Crippen LogP contribution >= 0.6 is 0 Å². The van der Waals surface area contributed by atoms with Gasteiger partial charge in [0.2, 0.25) is 0 Å². The molecule has 0 aliphatic carbocycles. The van der Waals surface area contributed by atoms with E-state index < -0.39 is 11.4 Å². The Morgan fingerprint density at radius 1 is 1.20 bits per heavy atom. The van der Waals surface area contributed by atoms with E-state index in [9.17, 15) is 14.7 Å². The fraction of sp³-hybridized carbons (Fsp3) is 0.400. The second-order valence-electron chi connectivity index (χ2n) is 6.95. The summed E-state index contributed by atoms with van der Waals surface area (Å²) < 4.78 is 5.74. The average molecular weight is 341 g/mol. The van der Waals surface area contributed by atoms with Gasteiger partial charge in [-0.2, -0.15) is 0 Å². The number of hydrogen-bond acceptors (Lipinski definition) is 3. The highest BCUT2D eigenvalue weighted by Gasteiger charge is 2.48. The molecule has 5 nitrogen and oxygen atoms in total. The Bertz CT molecular complexity index is 796. The minimum absolute atomic E-state index is 0.0261. The van der Waals surface area contributed by atoms with Crippen LogP contribution < -0.4 is 4.74 Å². The second kappa shape index (κ2) is 6.75. The van der Waals surface area contributed by atoms with Crippen molar-refractivity contribution in [3.05, 3.63) is 42.5 Å². The molecular formula is C20H23NO4. The zero-order valence-corrected chi connectivity index (χ0v) is 14.6. The summed E-state index contributed by atoms with van der Waals surface area (Å²) in [6.07, 6.45) is 0.486. The summed E-state index contributed by atoms with van der Waals surface area (Å²) in [5.41, 5.74) is -0.852. The standard InChI is InChI=1S/C20H23NO4/c1-14(2)20(19(23)24)10-11-21(13-20)18(22)12-25-17-9-5-7-15-6-3-4-8-16(15)17/h3-9,14H,10-13H2,1-2H3,(H,23,24). The average Bonchev–Trinajstić information content (AvgIpc) is 3.07. The van der Waals surface area contributed by atoms with Gasteiger partial charge in [-0.25, -0.2) is 0 Å². The van der Waals surface area contributed by atoms with Crippen LogP contribution in [0, 0.1) is 11.3 Å². The summed E-state index contributed by atoms with van der Waals surface area (Å²) in [6.45, 7) is 4.42. The maximum Gasteiger partial charge on any atom is 0.311 e. The molecule has 2 aromatic carbocycles. The van der Waals surface area contributed by atoms with Crippen molar-refractivity contribution in [3.63, 3.8) is 0 Å². The molecule has 3 rings (SSSR count). The van der Waals surface area contributed by atoms with Gasteiger partial charge in [-0.1, -0.05) is 50.2 Å². The molecule has 1 amide bonds.